The van der Waals surface area contributed by atoms with Gasteiger partial charge in [-0.2, -0.15) is 13.2 Å². The van der Waals surface area contributed by atoms with Crippen LogP contribution in [0.25, 0.3) is 11.6 Å². The second kappa shape index (κ2) is 10.4. The lowest BCUT2D eigenvalue weighted by atomic mass is 10.0. The van der Waals surface area contributed by atoms with Crippen LogP contribution in [0.5, 0.6) is 0 Å². The number of anilines is 3. The van der Waals surface area contributed by atoms with Crippen LogP contribution in [0.1, 0.15) is 21.6 Å². The van der Waals surface area contributed by atoms with E-state index in [4.69, 9.17) is 14.1 Å². The van der Waals surface area contributed by atoms with Crippen LogP contribution in [0.3, 0.4) is 0 Å². The van der Waals surface area contributed by atoms with E-state index in [-0.39, 0.29) is 23.3 Å². The number of carbonyl (C=O) groups is 1. The average molecular weight is 570 g/mol. The molecule has 2 N–H and O–H groups in total. The third kappa shape index (κ3) is 5.14. The molecule has 1 fully saturated rings. The minimum absolute atomic E-state index is 0.0897. The number of aromatic nitrogens is 3. The molecule has 5 heterocycles. The van der Waals surface area contributed by atoms with E-state index in [1.54, 1.807) is 4.90 Å². The van der Waals surface area contributed by atoms with Gasteiger partial charge in [-0.1, -0.05) is 35.4 Å². The summed E-state index contributed by atoms with van der Waals surface area (Å²) in [5.74, 6) is -0.538. The molecule has 0 aliphatic carbocycles. The van der Waals surface area contributed by atoms with Crippen molar-refractivity contribution in [3.05, 3.63) is 70.2 Å². The Bertz CT molecular complexity index is 1580. The maximum absolute atomic E-state index is 13.5. The van der Waals surface area contributed by atoms with Gasteiger partial charge in [-0.25, -0.2) is 9.98 Å². The number of rotatable bonds is 5. The van der Waals surface area contributed by atoms with Gasteiger partial charge in [-0.15, -0.1) is 16.4 Å². The first kappa shape index (κ1) is 26.0. The number of thiophene rings is 1. The zero-order valence-corrected chi connectivity index (χ0v) is 21.8. The third-order valence-corrected chi connectivity index (χ3v) is 7.30. The molecule has 14 heteroatoms. The van der Waals surface area contributed by atoms with Crippen LogP contribution in [0.15, 0.2) is 58.1 Å². The number of halogens is 3. The molecular formula is C26H22F3N7O3S. The zero-order chi connectivity index (χ0) is 27.9. The van der Waals surface area contributed by atoms with Crippen LogP contribution in [0, 0.1) is 6.92 Å². The van der Waals surface area contributed by atoms with Gasteiger partial charge in [0, 0.05) is 35.3 Å². The van der Waals surface area contributed by atoms with E-state index in [0.29, 0.717) is 37.0 Å². The van der Waals surface area contributed by atoms with E-state index >= 15 is 0 Å². The van der Waals surface area contributed by atoms with Crippen LogP contribution >= 0.6 is 11.3 Å². The number of hydrogen-bond donors (Lipinski definition) is 2. The summed E-state index contributed by atoms with van der Waals surface area (Å²) < 4.78 is 51.5. The summed E-state index contributed by atoms with van der Waals surface area (Å²) in [6.07, 6.45) is -4.97. The first-order valence-electron chi connectivity index (χ1n) is 12.3. The van der Waals surface area contributed by atoms with Crippen LogP contribution in [0.2, 0.25) is 0 Å². The monoisotopic (exact) mass is 569 g/mol. The lowest BCUT2D eigenvalue weighted by Gasteiger charge is -2.30. The van der Waals surface area contributed by atoms with Crippen molar-refractivity contribution < 1.29 is 27.1 Å². The molecule has 0 unspecified atom stereocenters. The van der Waals surface area contributed by atoms with Crippen molar-refractivity contribution in [3.63, 3.8) is 0 Å². The summed E-state index contributed by atoms with van der Waals surface area (Å²) in [6.45, 7) is 3.41. The Balaban J connectivity index is 1.33. The highest BCUT2D eigenvalue weighted by atomic mass is 32.1. The van der Waals surface area contributed by atoms with Crippen LogP contribution in [0.4, 0.5) is 29.9 Å². The highest BCUT2D eigenvalue weighted by Crippen LogP contribution is 2.37. The minimum atomic E-state index is -4.57. The van der Waals surface area contributed by atoms with E-state index < -0.39 is 23.8 Å². The summed E-state index contributed by atoms with van der Waals surface area (Å²) in [5, 5.41) is 14.4. The second-order valence-corrected chi connectivity index (χ2v) is 10.3. The normalized spacial score (nSPS) is 17.6. The van der Waals surface area contributed by atoms with Crippen LogP contribution in [-0.2, 0) is 15.7 Å². The van der Waals surface area contributed by atoms with Gasteiger partial charge in [0.15, 0.2) is 5.69 Å². The highest BCUT2D eigenvalue weighted by molar-refractivity contribution is 7.16. The Morgan fingerprint density at radius 2 is 1.90 bits per heavy atom. The van der Waals surface area contributed by atoms with Crippen LogP contribution in [-0.4, -0.2) is 59.3 Å². The number of hydrogen-bond acceptors (Lipinski definition) is 10. The van der Waals surface area contributed by atoms with Crippen molar-refractivity contribution >= 4 is 39.7 Å². The summed E-state index contributed by atoms with van der Waals surface area (Å²) in [5.41, 5.74) is 1.62. The quantitative estimate of drug-likeness (QED) is 0.359. The number of alkyl halides is 3. The molecule has 1 aromatic carbocycles. The molecule has 2 aliphatic rings. The second-order valence-electron chi connectivity index (χ2n) is 9.08. The smallest absolute Gasteiger partial charge is 0.402 e. The lowest BCUT2D eigenvalue weighted by Crippen LogP contribution is -2.36. The average Bonchev–Trinajstić information content (AvgIpc) is 3.54. The Kier molecular flexibility index (Phi) is 6.72. The molecule has 0 bridgehead atoms. The van der Waals surface area contributed by atoms with E-state index in [1.165, 1.54) is 11.3 Å². The Morgan fingerprint density at radius 1 is 1.12 bits per heavy atom. The predicted molar refractivity (Wildman–Crippen MR) is 143 cm³/mol. The first-order valence-corrected chi connectivity index (χ1v) is 13.1. The number of amides is 1. The van der Waals surface area contributed by atoms with Gasteiger partial charge >= 0.3 is 12.2 Å². The molecule has 0 spiro atoms. The van der Waals surface area contributed by atoms with Crippen molar-refractivity contribution in [3.8, 4) is 11.6 Å². The number of carbonyl (C=O) groups excluding carboxylic acids is 1. The third-order valence-electron chi connectivity index (χ3n) is 6.34. The van der Waals surface area contributed by atoms with Crippen LogP contribution < -0.4 is 15.5 Å². The van der Waals surface area contributed by atoms with Crippen molar-refractivity contribution in [1.82, 2.24) is 15.2 Å². The molecule has 2 aliphatic heterocycles. The molecule has 0 radical (unpaired) electrons. The molecule has 206 valence electrons. The molecule has 1 saturated heterocycles. The zero-order valence-electron chi connectivity index (χ0n) is 21.0. The summed E-state index contributed by atoms with van der Waals surface area (Å²) >= 11 is 1.44. The van der Waals surface area contributed by atoms with E-state index in [9.17, 15) is 18.0 Å². The number of nitrogens with zero attached hydrogens (tertiary/aromatic N) is 5. The molecule has 4 aromatic rings. The Labute approximate surface area is 229 Å². The van der Waals surface area contributed by atoms with E-state index in [1.807, 2.05) is 43.3 Å². The van der Waals surface area contributed by atoms with Gasteiger partial charge in [0.25, 0.3) is 11.8 Å². The number of morpholine rings is 1. The molecule has 3 aromatic heterocycles. The first-order chi connectivity index (χ1) is 19.3. The standard InChI is InChI=1S/C26H22F3N7O3S/c1-14-11-17-19(15-5-3-2-4-6-15)31-21(22(37)33-24(17)40-14)32-25-35-34-23(39-25)20-18(36-7-9-38-10-8-36)12-16(13-30-20)26(27,28)29/h2-6,11-13,21H,7-10H2,1H3,(H,32,35)(H,33,37)/t21-/m1/s1. The van der Waals surface area contributed by atoms with Crippen molar-refractivity contribution in [2.24, 2.45) is 4.99 Å². The molecule has 1 atom stereocenters. The minimum Gasteiger partial charge on any atom is -0.402 e. The van der Waals surface area contributed by atoms with Crippen molar-refractivity contribution in [1.29, 1.82) is 0 Å². The fourth-order valence-electron chi connectivity index (χ4n) is 4.46. The maximum Gasteiger partial charge on any atom is 0.417 e. The SMILES string of the molecule is Cc1cc2c(s1)NC(=O)[C@@H](Nc1nnc(-c3ncc(C(F)(F)F)cc3N3CCOCC3)o1)N=C2c1ccccc1. The number of benzene rings is 1. The van der Waals surface area contributed by atoms with Gasteiger partial charge in [-0.05, 0) is 19.1 Å². The molecule has 1 amide bonds. The van der Waals surface area contributed by atoms with E-state index in [0.717, 1.165) is 28.3 Å². The fourth-order valence-corrected chi connectivity index (χ4v) is 5.37. The van der Waals surface area contributed by atoms with Gasteiger partial charge in [0.2, 0.25) is 6.17 Å². The number of aryl methyl sites for hydroxylation is 1. The fraction of sp³-hybridized carbons (Fsp3) is 0.269. The lowest BCUT2D eigenvalue weighted by molar-refractivity contribution is -0.137. The molecule has 0 saturated carbocycles. The van der Waals surface area contributed by atoms with E-state index in [2.05, 4.69) is 25.8 Å². The summed E-state index contributed by atoms with van der Waals surface area (Å²) in [7, 11) is 0. The predicted octanol–water partition coefficient (Wildman–Crippen LogP) is 4.58. The summed E-state index contributed by atoms with van der Waals surface area (Å²) in [4.78, 5) is 24.6. The molecule has 10 nitrogen and oxygen atoms in total. The van der Waals surface area contributed by atoms with Crippen molar-refractivity contribution in [2.75, 3.05) is 41.8 Å². The number of aliphatic imine (C=N–C) groups is 1. The molecule has 40 heavy (non-hydrogen) atoms. The Morgan fingerprint density at radius 3 is 2.65 bits per heavy atom. The maximum atomic E-state index is 13.5. The number of nitrogens with one attached hydrogen (secondary N) is 2. The van der Waals surface area contributed by atoms with Gasteiger partial charge in [0.1, 0.15) is 5.00 Å². The molecule has 6 rings (SSSR count). The van der Waals surface area contributed by atoms with Crippen molar-refractivity contribution in [2.45, 2.75) is 19.3 Å². The van der Waals surface area contributed by atoms with Gasteiger partial charge in [0.05, 0.1) is 30.2 Å². The summed E-state index contributed by atoms with van der Waals surface area (Å²) in [6, 6.07) is 12.3. The Hall–Kier alpha value is -4.30. The molecular weight excluding hydrogens is 547 g/mol. The largest absolute Gasteiger partial charge is 0.417 e. The topological polar surface area (TPSA) is 118 Å². The highest BCUT2D eigenvalue weighted by Gasteiger charge is 2.34. The van der Waals surface area contributed by atoms with Gasteiger partial charge < -0.3 is 24.7 Å². The van der Waals surface area contributed by atoms with Gasteiger partial charge in [-0.3, -0.25) is 4.79 Å². The number of ether oxygens (including phenoxy) is 1. The number of pyridine rings is 1. The number of fused-ring (bicyclic) bond motifs is 1.